The highest BCUT2D eigenvalue weighted by Crippen LogP contribution is 2.08. The van der Waals surface area contributed by atoms with Crippen LogP contribution in [0.5, 0.6) is 0 Å². The molecule has 0 saturated heterocycles. The fourth-order valence-electron chi connectivity index (χ4n) is 0.864. The van der Waals surface area contributed by atoms with E-state index in [-0.39, 0.29) is 6.15 Å². The molecule has 0 amide bonds. The number of aliphatic hydroxyl groups excluding tert-OH is 6. The Balaban J connectivity index is 0. The minimum absolute atomic E-state index is 0. The van der Waals surface area contributed by atoms with Gasteiger partial charge in [0, 0.05) is 0 Å². The lowest BCUT2D eigenvalue weighted by atomic mass is 9.99. The molecule has 0 aromatic rings. The van der Waals surface area contributed by atoms with Crippen molar-refractivity contribution in [3.05, 3.63) is 0 Å². The zero-order chi connectivity index (χ0) is 12.2. The van der Waals surface area contributed by atoms with Crippen LogP contribution < -0.4 is 11.3 Å². The Kier molecular flexibility index (Phi) is 8.20. The summed E-state index contributed by atoms with van der Waals surface area (Å²) in [7, 11) is 0. The van der Waals surface area contributed by atoms with Gasteiger partial charge in [0.15, 0.2) is 0 Å². The number of quaternary nitrogens is 1. The van der Waals surface area contributed by atoms with Crippen molar-refractivity contribution in [2.75, 3.05) is 6.61 Å². The summed E-state index contributed by atoms with van der Waals surface area (Å²) in [5.74, 6) is -2.03. The van der Waals surface area contributed by atoms with E-state index >= 15 is 0 Å². The summed E-state index contributed by atoms with van der Waals surface area (Å²) in [6.07, 6.45) is -10.5. The van der Waals surface area contributed by atoms with Gasteiger partial charge in [0.1, 0.15) is 30.5 Å². The third kappa shape index (κ3) is 4.37. The fourth-order valence-corrected chi connectivity index (χ4v) is 0.864. The van der Waals surface area contributed by atoms with Crippen molar-refractivity contribution in [3.63, 3.8) is 0 Å². The van der Waals surface area contributed by atoms with E-state index in [1.54, 1.807) is 0 Å². The molecular weight excluding hydrogens is 226 g/mol. The molecule has 0 radical (unpaired) electrons. The van der Waals surface area contributed by atoms with Gasteiger partial charge in [-0.25, -0.2) is 0 Å². The molecule has 0 aromatic carbocycles. The van der Waals surface area contributed by atoms with Crippen LogP contribution in [0.1, 0.15) is 0 Å². The summed E-state index contributed by atoms with van der Waals surface area (Å²) < 4.78 is 0. The average Bonchev–Trinajstić information content (AvgIpc) is 2.23. The Morgan fingerprint density at radius 2 is 1.44 bits per heavy atom. The van der Waals surface area contributed by atoms with E-state index in [4.69, 9.17) is 30.6 Å². The lowest BCUT2D eigenvalue weighted by molar-refractivity contribution is -0.320. The van der Waals surface area contributed by atoms with E-state index in [1.807, 2.05) is 0 Å². The molecule has 5 atom stereocenters. The van der Waals surface area contributed by atoms with Crippen molar-refractivity contribution in [1.29, 1.82) is 0 Å². The standard InChI is InChI=1S/C7H14O8.H3N/c8-1-2(9)3(10)4(11)5(12)6(13)7(14)15;/h2-6,8-13H,1H2,(H,14,15);1H3/t2-,3-,4+,5-,6-;/m1./s1. The van der Waals surface area contributed by atoms with Crippen LogP contribution in [0.25, 0.3) is 0 Å². The molecule has 0 unspecified atom stereocenters. The normalized spacial score (nSPS) is 20.1. The molecule has 9 heteroatoms. The number of aliphatic carboxylic acids is 1. The number of rotatable bonds is 6. The molecule has 0 rings (SSSR count). The SMILES string of the molecule is O=C([O-])[C@H](O)[C@H](O)[C@@H](O)[C@H](O)[C@H](O)CO.[NH4+]. The Bertz CT molecular complexity index is 213. The predicted octanol–water partition coefficient (Wildman–Crippen LogP) is -5.09. The van der Waals surface area contributed by atoms with Crippen LogP contribution in [0.15, 0.2) is 0 Å². The Morgan fingerprint density at radius 3 is 1.75 bits per heavy atom. The van der Waals surface area contributed by atoms with Crippen LogP contribution in [-0.4, -0.2) is 73.7 Å². The highest BCUT2D eigenvalue weighted by atomic mass is 16.4. The number of carbonyl (C=O) groups is 1. The second-order valence-corrected chi connectivity index (χ2v) is 2.99. The van der Waals surface area contributed by atoms with Crippen molar-refractivity contribution in [1.82, 2.24) is 6.15 Å². The molecule has 0 bridgehead atoms. The molecule has 0 fully saturated rings. The highest BCUT2D eigenvalue weighted by Gasteiger charge is 2.34. The molecule has 0 aliphatic heterocycles. The number of carboxylic acid groups (broad SMARTS) is 1. The first-order valence-corrected chi connectivity index (χ1v) is 4.05. The Hall–Kier alpha value is -0.810. The quantitative estimate of drug-likeness (QED) is 0.240. The van der Waals surface area contributed by atoms with Gasteiger partial charge < -0.3 is 46.7 Å². The molecule has 16 heavy (non-hydrogen) atoms. The van der Waals surface area contributed by atoms with Crippen LogP contribution >= 0.6 is 0 Å². The number of hydrogen-bond donors (Lipinski definition) is 7. The van der Waals surface area contributed by atoms with Gasteiger partial charge in [-0.2, -0.15) is 0 Å². The van der Waals surface area contributed by atoms with Gasteiger partial charge >= 0.3 is 0 Å². The van der Waals surface area contributed by atoms with Crippen molar-refractivity contribution < 1.29 is 40.5 Å². The van der Waals surface area contributed by atoms with Gasteiger partial charge in [0.05, 0.1) is 12.6 Å². The maximum absolute atomic E-state index is 10.1. The highest BCUT2D eigenvalue weighted by molar-refractivity contribution is 5.70. The van der Waals surface area contributed by atoms with Crippen LogP contribution in [0.3, 0.4) is 0 Å². The second-order valence-electron chi connectivity index (χ2n) is 2.99. The third-order valence-corrected chi connectivity index (χ3v) is 1.85. The summed E-state index contributed by atoms with van der Waals surface area (Å²) in [5, 5.41) is 63.2. The van der Waals surface area contributed by atoms with Gasteiger partial charge in [0.2, 0.25) is 0 Å². The Labute approximate surface area is 90.8 Å². The smallest absolute Gasteiger partial charge is 0.122 e. The summed E-state index contributed by atoms with van der Waals surface area (Å²) >= 11 is 0. The van der Waals surface area contributed by atoms with Crippen molar-refractivity contribution >= 4 is 5.97 Å². The largest absolute Gasteiger partial charge is 0.547 e. The number of hydrogen-bond acceptors (Lipinski definition) is 8. The van der Waals surface area contributed by atoms with Crippen molar-refractivity contribution in [2.24, 2.45) is 0 Å². The predicted molar refractivity (Wildman–Crippen MR) is 48.1 cm³/mol. The van der Waals surface area contributed by atoms with E-state index in [0.717, 1.165) is 0 Å². The number of carboxylic acids is 1. The third-order valence-electron chi connectivity index (χ3n) is 1.85. The molecule has 0 aliphatic rings. The van der Waals surface area contributed by atoms with Crippen molar-refractivity contribution in [2.45, 2.75) is 30.5 Å². The van der Waals surface area contributed by atoms with E-state index in [1.165, 1.54) is 0 Å². The summed E-state index contributed by atoms with van der Waals surface area (Å²) in [5.41, 5.74) is 0. The second kappa shape index (κ2) is 7.46. The van der Waals surface area contributed by atoms with Gasteiger partial charge in [-0.3, -0.25) is 0 Å². The van der Waals surface area contributed by atoms with Crippen molar-refractivity contribution in [3.8, 4) is 0 Å². The summed E-state index contributed by atoms with van der Waals surface area (Å²) in [6.45, 7) is -0.896. The molecule has 98 valence electrons. The topological polar surface area (TPSA) is 198 Å². The zero-order valence-corrected chi connectivity index (χ0v) is 8.59. The van der Waals surface area contributed by atoms with Gasteiger partial charge in [0.25, 0.3) is 0 Å². The monoisotopic (exact) mass is 243 g/mol. The summed E-state index contributed by atoms with van der Waals surface area (Å²) in [4.78, 5) is 10.1. The minimum Gasteiger partial charge on any atom is -0.547 e. The van der Waals surface area contributed by atoms with Gasteiger partial charge in [-0.05, 0) is 0 Å². The lowest BCUT2D eigenvalue weighted by Crippen LogP contribution is -2.54. The molecule has 0 spiro atoms. The first kappa shape index (κ1) is 17.6. The molecule has 0 saturated carbocycles. The molecule has 0 heterocycles. The van der Waals surface area contributed by atoms with Crippen LogP contribution in [0.4, 0.5) is 0 Å². The molecular formula is C7H17NO8. The van der Waals surface area contributed by atoms with E-state index in [9.17, 15) is 9.90 Å². The number of aliphatic hydroxyl groups is 6. The number of carbonyl (C=O) groups excluding carboxylic acids is 1. The zero-order valence-electron chi connectivity index (χ0n) is 8.59. The molecule has 10 N–H and O–H groups in total. The molecule has 0 aliphatic carbocycles. The van der Waals surface area contributed by atoms with Crippen LogP contribution in [0.2, 0.25) is 0 Å². The first-order chi connectivity index (χ1) is 6.82. The maximum atomic E-state index is 10.1. The first-order valence-electron chi connectivity index (χ1n) is 4.05. The lowest BCUT2D eigenvalue weighted by Gasteiger charge is -2.28. The van der Waals surface area contributed by atoms with Crippen LogP contribution in [-0.2, 0) is 4.79 Å². The molecule has 9 nitrogen and oxygen atoms in total. The average molecular weight is 243 g/mol. The Morgan fingerprint density at radius 1 is 1.00 bits per heavy atom. The van der Waals surface area contributed by atoms with Gasteiger partial charge in [-0.15, -0.1) is 0 Å². The minimum atomic E-state index is -2.40. The van der Waals surface area contributed by atoms with E-state index in [0.29, 0.717) is 0 Å². The summed E-state index contributed by atoms with van der Waals surface area (Å²) in [6, 6.07) is 0. The van der Waals surface area contributed by atoms with E-state index in [2.05, 4.69) is 0 Å². The van der Waals surface area contributed by atoms with Gasteiger partial charge in [-0.1, -0.05) is 0 Å². The van der Waals surface area contributed by atoms with E-state index < -0.39 is 43.1 Å². The fraction of sp³-hybridized carbons (Fsp3) is 0.857. The molecule has 0 aromatic heterocycles. The van der Waals surface area contributed by atoms with Crippen LogP contribution in [0, 0.1) is 0 Å². The maximum Gasteiger partial charge on any atom is 0.122 e.